The molecule has 0 aliphatic carbocycles. The van der Waals surface area contributed by atoms with Crippen LogP contribution in [0.1, 0.15) is 29.3 Å². The second kappa shape index (κ2) is 13.1. The second-order valence-electron chi connectivity index (χ2n) is 5.99. The summed E-state index contributed by atoms with van der Waals surface area (Å²) in [6.45, 7) is 7.19. The fraction of sp³-hybridized carbons (Fsp3) is 0.474. The van der Waals surface area contributed by atoms with Crippen molar-refractivity contribution < 1.29 is 4.74 Å². The van der Waals surface area contributed by atoms with E-state index in [9.17, 15) is 0 Å². The molecule has 0 aliphatic heterocycles. The predicted octanol–water partition coefficient (Wildman–Crippen LogP) is 3.84. The van der Waals surface area contributed by atoms with Crippen LogP contribution in [0.5, 0.6) is 0 Å². The smallest absolute Gasteiger partial charge is 0.191 e. The van der Waals surface area contributed by atoms with Gasteiger partial charge in [0, 0.05) is 24.7 Å². The second-order valence-corrected chi connectivity index (χ2v) is 7.19. The van der Waals surface area contributed by atoms with E-state index >= 15 is 0 Å². The van der Waals surface area contributed by atoms with Crippen molar-refractivity contribution in [3.63, 3.8) is 0 Å². The molecule has 0 saturated heterocycles. The zero-order chi connectivity index (χ0) is 17.9. The molecule has 2 aromatic rings. The Morgan fingerprint density at radius 3 is 2.69 bits per heavy atom. The summed E-state index contributed by atoms with van der Waals surface area (Å²) in [5.74, 6) is 1.19. The summed E-state index contributed by atoms with van der Waals surface area (Å²) < 4.78 is 5.78. The van der Waals surface area contributed by atoms with Crippen LogP contribution in [0.4, 0.5) is 0 Å². The van der Waals surface area contributed by atoms with Crippen LogP contribution in [0, 0.1) is 5.92 Å². The molecule has 0 spiro atoms. The topological polar surface area (TPSA) is 58.5 Å². The minimum absolute atomic E-state index is 0. The third-order valence-electron chi connectivity index (χ3n) is 3.71. The van der Waals surface area contributed by atoms with Crippen LogP contribution in [0.2, 0.25) is 0 Å². The molecule has 2 N–H and O–H groups in total. The van der Waals surface area contributed by atoms with Gasteiger partial charge in [0.05, 0.1) is 19.8 Å². The maximum absolute atomic E-state index is 5.78. The van der Waals surface area contributed by atoms with Crippen LogP contribution in [0.25, 0.3) is 0 Å². The van der Waals surface area contributed by atoms with Gasteiger partial charge in [-0.1, -0.05) is 44.2 Å². The normalized spacial score (nSPS) is 12.3. The predicted molar refractivity (Wildman–Crippen MR) is 120 cm³/mol. The first-order valence-corrected chi connectivity index (χ1v) is 9.52. The fourth-order valence-electron chi connectivity index (χ4n) is 2.26. The van der Waals surface area contributed by atoms with Gasteiger partial charge in [0.2, 0.25) is 0 Å². The highest BCUT2D eigenvalue weighted by atomic mass is 127. The van der Waals surface area contributed by atoms with Gasteiger partial charge in [-0.25, -0.2) is 4.98 Å². The summed E-state index contributed by atoms with van der Waals surface area (Å²) in [7, 11) is 1.78. The third kappa shape index (κ3) is 8.46. The van der Waals surface area contributed by atoms with Crippen LogP contribution < -0.4 is 10.6 Å². The lowest BCUT2D eigenvalue weighted by atomic mass is 10.2. The van der Waals surface area contributed by atoms with Gasteiger partial charge in [-0.3, -0.25) is 4.99 Å². The Morgan fingerprint density at radius 1 is 1.27 bits per heavy atom. The highest BCUT2D eigenvalue weighted by molar-refractivity contribution is 14.0. The number of thiazole rings is 1. The highest BCUT2D eigenvalue weighted by Crippen LogP contribution is 2.12. The van der Waals surface area contributed by atoms with Gasteiger partial charge in [-0.05, 0) is 17.9 Å². The molecule has 0 bridgehead atoms. The molecule has 0 radical (unpaired) electrons. The molecule has 2 rings (SSSR count). The van der Waals surface area contributed by atoms with Crippen LogP contribution in [-0.4, -0.2) is 31.1 Å². The van der Waals surface area contributed by atoms with E-state index in [0.29, 0.717) is 25.7 Å². The van der Waals surface area contributed by atoms with Crippen molar-refractivity contribution in [3.8, 4) is 0 Å². The van der Waals surface area contributed by atoms with Crippen LogP contribution in [-0.2, 0) is 24.3 Å². The number of aliphatic imine (C=N–C) groups is 1. The fourth-order valence-corrected chi connectivity index (χ4v) is 3.06. The first-order valence-electron chi connectivity index (χ1n) is 8.71. The zero-order valence-electron chi connectivity index (χ0n) is 15.7. The molecule has 1 heterocycles. The molecule has 0 aliphatic rings. The Hall–Kier alpha value is -1.19. The van der Waals surface area contributed by atoms with Gasteiger partial charge in [0.1, 0.15) is 5.01 Å². The van der Waals surface area contributed by atoms with Crippen molar-refractivity contribution >= 4 is 41.3 Å². The van der Waals surface area contributed by atoms with E-state index in [-0.39, 0.29) is 24.0 Å². The van der Waals surface area contributed by atoms with Crippen molar-refractivity contribution in [1.29, 1.82) is 0 Å². The first kappa shape index (κ1) is 22.9. The number of hydrogen-bond donors (Lipinski definition) is 2. The Kier molecular flexibility index (Phi) is 11.5. The lowest BCUT2D eigenvalue weighted by Gasteiger charge is -2.16. The number of rotatable bonds is 9. The van der Waals surface area contributed by atoms with Crippen molar-refractivity contribution in [3.05, 3.63) is 52.0 Å². The lowest BCUT2D eigenvalue weighted by molar-refractivity contribution is 0.0931. The standard InChI is InChI=1S/C19H28N4OS.HI/c1-4-17-11-21-18(25-17)12-23-19(20-3)22-10-15(2)13-24-14-16-8-6-5-7-9-16;/h5-9,11,15H,4,10,12-14H2,1-3H3,(H2,20,22,23);1H. The molecular weight excluding hydrogens is 459 g/mol. The number of aryl methyl sites for hydroxylation is 1. The Labute approximate surface area is 177 Å². The summed E-state index contributed by atoms with van der Waals surface area (Å²) in [4.78, 5) is 9.98. The molecule has 1 unspecified atom stereocenters. The molecule has 26 heavy (non-hydrogen) atoms. The number of aromatic nitrogens is 1. The van der Waals surface area contributed by atoms with Gasteiger partial charge >= 0.3 is 0 Å². The monoisotopic (exact) mass is 488 g/mol. The Balaban J connectivity index is 0.00000338. The summed E-state index contributed by atoms with van der Waals surface area (Å²) in [6.07, 6.45) is 2.98. The number of guanidine groups is 1. The molecule has 144 valence electrons. The van der Waals surface area contributed by atoms with E-state index in [4.69, 9.17) is 4.74 Å². The minimum Gasteiger partial charge on any atom is -0.376 e. The summed E-state index contributed by atoms with van der Waals surface area (Å²) in [5.41, 5.74) is 1.20. The molecule has 0 fully saturated rings. The van der Waals surface area contributed by atoms with Gasteiger partial charge in [-0.2, -0.15) is 0 Å². The van der Waals surface area contributed by atoms with E-state index in [2.05, 4.69) is 46.6 Å². The van der Waals surface area contributed by atoms with Crippen LogP contribution >= 0.6 is 35.3 Å². The quantitative estimate of drug-likeness (QED) is 0.320. The van der Waals surface area contributed by atoms with E-state index in [1.807, 2.05) is 24.4 Å². The molecule has 1 aromatic heterocycles. The van der Waals surface area contributed by atoms with Crippen molar-refractivity contribution in [2.24, 2.45) is 10.9 Å². The van der Waals surface area contributed by atoms with E-state index in [1.54, 1.807) is 18.4 Å². The molecular formula is C19H29IN4OS. The summed E-state index contributed by atoms with van der Waals surface area (Å²) in [5, 5.41) is 7.73. The van der Waals surface area contributed by atoms with Crippen molar-refractivity contribution in [1.82, 2.24) is 15.6 Å². The van der Waals surface area contributed by atoms with Gasteiger partial charge in [0.25, 0.3) is 0 Å². The molecule has 1 atom stereocenters. The molecule has 7 heteroatoms. The van der Waals surface area contributed by atoms with Crippen LogP contribution in [0.15, 0.2) is 41.5 Å². The lowest BCUT2D eigenvalue weighted by Crippen LogP contribution is -2.39. The largest absolute Gasteiger partial charge is 0.376 e. The minimum atomic E-state index is 0. The van der Waals surface area contributed by atoms with E-state index in [1.165, 1.54) is 10.4 Å². The average molecular weight is 488 g/mol. The molecule has 1 aromatic carbocycles. The first-order chi connectivity index (χ1) is 12.2. The number of hydrogen-bond acceptors (Lipinski definition) is 4. The number of ether oxygens (including phenoxy) is 1. The van der Waals surface area contributed by atoms with Crippen molar-refractivity contribution in [2.75, 3.05) is 20.2 Å². The maximum Gasteiger partial charge on any atom is 0.191 e. The van der Waals surface area contributed by atoms with Gasteiger partial charge in [0.15, 0.2) is 5.96 Å². The zero-order valence-corrected chi connectivity index (χ0v) is 18.8. The number of nitrogens with one attached hydrogen (secondary N) is 2. The van der Waals surface area contributed by atoms with Gasteiger partial charge in [-0.15, -0.1) is 35.3 Å². The number of nitrogens with zero attached hydrogens (tertiary/aromatic N) is 2. The number of benzene rings is 1. The Bertz CT molecular complexity index is 648. The third-order valence-corrected chi connectivity index (χ3v) is 4.85. The van der Waals surface area contributed by atoms with Crippen LogP contribution in [0.3, 0.4) is 0 Å². The van der Waals surface area contributed by atoms with E-state index < -0.39 is 0 Å². The average Bonchev–Trinajstić information content (AvgIpc) is 3.11. The van der Waals surface area contributed by atoms with Gasteiger partial charge < -0.3 is 15.4 Å². The number of halogens is 1. The molecule has 0 saturated carbocycles. The molecule has 5 nitrogen and oxygen atoms in total. The highest BCUT2D eigenvalue weighted by Gasteiger charge is 2.06. The van der Waals surface area contributed by atoms with E-state index in [0.717, 1.165) is 23.9 Å². The SMILES string of the molecule is CCc1cnc(CNC(=NC)NCC(C)COCc2ccccc2)s1.I. The molecule has 0 amide bonds. The summed E-state index contributed by atoms with van der Waals surface area (Å²) in [6, 6.07) is 10.2. The summed E-state index contributed by atoms with van der Waals surface area (Å²) >= 11 is 1.74. The Morgan fingerprint density at radius 2 is 2.04 bits per heavy atom. The van der Waals surface area contributed by atoms with Crippen molar-refractivity contribution in [2.45, 2.75) is 33.4 Å². The maximum atomic E-state index is 5.78.